The van der Waals surface area contributed by atoms with Crippen LogP contribution in [0.5, 0.6) is 0 Å². The van der Waals surface area contributed by atoms with E-state index in [1.54, 1.807) is 5.31 Å². The Kier molecular flexibility index (Phi) is 6.77. The molecule has 0 N–H and O–H groups in total. The maximum absolute atomic E-state index is 2.59. The maximum atomic E-state index is 2.59. The van der Waals surface area contributed by atoms with E-state index in [0.717, 1.165) is 6.42 Å². The summed E-state index contributed by atoms with van der Waals surface area (Å²) in [7, 11) is 2.44. The van der Waals surface area contributed by atoms with Gasteiger partial charge in [0.2, 0.25) is 0 Å². The largest absolute Gasteiger partial charge is 0.302 e. The fourth-order valence-electron chi connectivity index (χ4n) is 5.81. The van der Waals surface area contributed by atoms with Gasteiger partial charge in [0.25, 0.3) is 0 Å². The highest BCUT2D eigenvalue weighted by Gasteiger charge is 2.54. The monoisotopic (exact) mass is 462 g/mol. The molecule has 4 aromatic carbocycles. The molecule has 34 heavy (non-hydrogen) atoms. The first-order valence-electron chi connectivity index (χ1n) is 12.2. The van der Waals surface area contributed by atoms with E-state index in [-0.39, 0.29) is 0 Å². The van der Waals surface area contributed by atoms with Crippen LogP contribution in [-0.4, -0.2) is 19.0 Å². The molecule has 0 heterocycles. The molecule has 170 valence electrons. The van der Waals surface area contributed by atoms with Gasteiger partial charge in [0.05, 0.1) is 5.31 Å². The number of nitrogens with zero attached hydrogens (tertiary/aromatic N) is 1. The molecule has 0 aliphatic heterocycles. The molecular weight excluding hydrogens is 429 g/mol. The summed E-state index contributed by atoms with van der Waals surface area (Å²) >= 11 is 0. The molecule has 1 aliphatic rings. The molecule has 1 aliphatic carbocycles. The van der Waals surface area contributed by atoms with Crippen LogP contribution in [0.15, 0.2) is 133 Å². The molecule has 0 radical (unpaired) electrons. The molecule has 0 spiro atoms. The minimum Gasteiger partial charge on any atom is -0.302 e. The van der Waals surface area contributed by atoms with Crippen molar-refractivity contribution in [1.82, 2.24) is 4.90 Å². The van der Waals surface area contributed by atoms with Crippen LogP contribution in [0.2, 0.25) is 0 Å². The van der Waals surface area contributed by atoms with Crippen LogP contribution < -0.4 is 15.9 Å². The Balaban J connectivity index is 1.79. The Morgan fingerprint density at radius 3 is 1.44 bits per heavy atom. The van der Waals surface area contributed by atoms with Crippen LogP contribution in [0, 0.1) is 5.92 Å². The van der Waals surface area contributed by atoms with Crippen molar-refractivity contribution in [2.75, 3.05) is 14.1 Å². The molecule has 0 saturated carbocycles. The van der Waals surface area contributed by atoms with Gasteiger partial charge in [0.15, 0.2) is 0 Å². The third kappa shape index (κ3) is 4.05. The SMILES string of the molecule is CN(C)[C@H](c1ccccc1)[C@@H]1CCC=C1[P+](c1ccccc1)(c1ccccc1)c1ccccc1. The first-order valence-corrected chi connectivity index (χ1v) is 14.0. The molecule has 0 fully saturated rings. The van der Waals surface area contributed by atoms with Crippen molar-refractivity contribution < 1.29 is 0 Å². The van der Waals surface area contributed by atoms with Gasteiger partial charge in [-0.05, 0) is 75.0 Å². The van der Waals surface area contributed by atoms with Crippen molar-refractivity contribution >= 4 is 23.2 Å². The van der Waals surface area contributed by atoms with Crippen LogP contribution in [0.1, 0.15) is 24.4 Å². The standard InChI is InChI=1S/C32H33NP/c1-33(2)32(26-16-7-3-8-17-26)30-24-15-25-31(30)34(27-18-9-4-10-19-27,28-20-11-5-12-21-28)29-22-13-6-14-23-29/h3-14,16-23,25,30,32H,15,24H2,1-2H3/q+1/t30-,32-/m1/s1. The van der Waals surface area contributed by atoms with E-state index in [1.807, 2.05) is 0 Å². The molecule has 2 heteroatoms. The number of benzene rings is 4. The van der Waals surface area contributed by atoms with Crippen LogP contribution in [0.3, 0.4) is 0 Å². The topological polar surface area (TPSA) is 3.24 Å². The molecule has 1 nitrogen and oxygen atoms in total. The Morgan fingerprint density at radius 1 is 0.618 bits per heavy atom. The van der Waals surface area contributed by atoms with Gasteiger partial charge in [0.1, 0.15) is 23.2 Å². The van der Waals surface area contributed by atoms with Crippen molar-refractivity contribution in [2.45, 2.75) is 18.9 Å². The average Bonchev–Trinajstić information content (AvgIpc) is 3.36. The fourth-order valence-corrected chi connectivity index (χ4v) is 10.6. The summed E-state index contributed by atoms with van der Waals surface area (Å²) in [4.78, 5) is 2.43. The zero-order valence-electron chi connectivity index (χ0n) is 20.1. The van der Waals surface area contributed by atoms with Crippen LogP contribution in [-0.2, 0) is 0 Å². The second-order valence-electron chi connectivity index (χ2n) is 9.31. The van der Waals surface area contributed by atoms with E-state index in [4.69, 9.17) is 0 Å². The zero-order chi connectivity index (χ0) is 23.4. The van der Waals surface area contributed by atoms with E-state index in [2.05, 4.69) is 146 Å². The van der Waals surface area contributed by atoms with Gasteiger partial charge in [-0.25, -0.2) is 0 Å². The molecule has 0 amide bonds. The maximum Gasteiger partial charge on any atom is 0.140 e. The highest BCUT2D eigenvalue weighted by Crippen LogP contribution is 2.68. The number of allylic oxidation sites excluding steroid dienone is 1. The van der Waals surface area contributed by atoms with Crippen LogP contribution >= 0.6 is 7.26 Å². The lowest BCUT2D eigenvalue weighted by Gasteiger charge is -2.37. The second kappa shape index (κ2) is 10.1. The summed E-state index contributed by atoms with van der Waals surface area (Å²) in [6.45, 7) is 0. The lowest BCUT2D eigenvalue weighted by atomic mass is 9.91. The van der Waals surface area contributed by atoms with E-state index >= 15 is 0 Å². The molecule has 5 rings (SSSR count). The summed E-state index contributed by atoms with van der Waals surface area (Å²) in [5.41, 5.74) is 1.40. The summed E-state index contributed by atoms with van der Waals surface area (Å²) in [5, 5.41) is 5.95. The summed E-state index contributed by atoms with van der Waals surface area (Å²) < 4.78 is 0. The van der Waals surface area contributed by atoms with E-state index < -0.39 is 7.26 Å². The van der Waals surface area contributed by atoms with Crippen LogP contribution in [0.25, 0.3) is 0 Å². The fraction of sp³-hybridized carbons (Fsp3) is 0.188. The van der Waals surface area contributed by atoms with Gasteiger partial charge in [-0.2, -0.15) is 0 Å². The van der Waals surface area contributed by atoms with Crippen molar-refractivity contribution in [3.63, 3.8) is 0 Å². The minimum atomic E-state index is -2.04. The Morgan fingerprint density at radius 2 is 1.03 bits per heavy atom. The summed E-state index contributed by atoms with van der Waals surface area (Å²) in [5.74, 6) is 0.450. The van der Waals surface area contributed by atoms with E-state index in [1.165, 1.54) is 27.9 Å². The molecule has 0 aromatic heterocycles. The number of rotatable bonds is 7. The van der Waals surface area contributed by atoms with Crippen LogP contribution in [0.4, 0.5) is 0 Å². The Bertz CT molecular complexity index is 1120. The average molecular weight is 463 g/mol. The number of hydrogen-bond donors (Lipinski definition) is 0. The molecule has 2 atom stereocenters. The first kappa shape index (κ1) is 22.8. The molecular formula is C32H33NP+. The first-order chi connectivity index (χ1) is 16.7. The minimum absolute atomic E-state index is 0.338. The molecule has 0 unspecified atom stereocenters. The van der Waals surface area contributed by atoms with Gasteiger partial charge in [0, 0.05) is 12.0 Å². The van der Waals surface area contributed by atoms with Gasteiger partial charge < -0.3 is 4.90 Å². The summed E-state index contributed by atoms with van der Waals surface area (Å²) in [6, 6.07) is 45.2. The summed E-state index contributed by atoms with van der Waals surface area (Å²) in [6.07, 6.45) is 4.90. The Labute approximate surface area is 205 Å². The smallest absolute Gasteiger partial charge is 0.140 e. The van der Waals surface area contributed by atoms with Crippen molar-refractivity contribution in [3.8, 4) is 0 Å². The van der Waals surface area contributed by atoms with E-state index in [9.17, 15) is 0 Å². The zero-order valence-corrected chi connectivity index (χ0v) is 21.0. The van der Waals surface area contributed by atoms with Crippen molar-refractivity contribution in [2.24, 2.45) is 5.92 Å². The normalized spacial score (nSPS) is 16.9. The second-order valence-corrected chi connectivity index (χ2v) is 12.7. The van der Waals surface area contributed by atoms with Gasteiger partial charge in [-0.15, -0.1) is 0 Å². The highest BCUT2D eigenvalue weighted by molar-refractivity contribution is 7.99. The quantitative estimate of drug-likeness (QED) is 0.281. The van der Waals surface area contributed by atoms with Gasteiger partial charge in [-0.1, -0.05) is 84.9 Å². The predicted molar refractivity (Wildman–Crippen MR) is 149 cm³/mol. The predicted octanol–water partition coefficient (Wildman–Crippen LogP) is 6.58. The van der Waals surface area contributed by atoms with E-state index in [0.29, 0.717) is 12.0 Å². The van der Waals surface area contributed by atoms with Gasteiger partial charge >= 0.3 is 0 Å². The highest BCUT2D eigenvalue weighted by atomic mass is 31.2. The molecule has 0 saturated heterocycles. The van der Waals surface area contributed by atoms with Crippen molar-refractivity contribution in [1.29, 1.82) is 0 Å². The molecule has 4 aromatic rings. The molecule has 0 bridgehead atoms. The lowest BCUT2D eigenvalue weighted by Crippen LogP contribution is -2.36. The Hall–Kier alpha value is -2.99. The number of hydrogen-bond acceptors (Lipinski definition) is 1. The third-order valence-corrected chi connectivity index (χ3v) is 11.6. The van der Waals surface area contributed by atoms with Crippen molar-refractivity contribution in [3.05, 3.63) is 138 Å². The lowest BCUT2D eigenvalue weighted by molar-refractivity contribution is 0.237. The third-order valence-electron chi connectivity index (χ3n) is 7.11. The van der Waals surface area contributed by atoms with Gasteiger partial charge in [-0.3, -0.25) is 0 Å².